The highest BCUT2D eigenvalue weighted by atomic mass is 32.1. The van der Waals surface area contributed by atoms with Gasteiger partial charge in [-0.05, 0) is 23.9 Å². The molecule has 2 aliphatic rings. The predicted octanol–water partition coefficient (Wildman–Crippen LogP) is 2.24. The molecule has 66 valence electrons. The summed E-state index contributed by atoms with van der Waals surface area (Å²) in [6, 6.07) is 8.15. The highest BCUT2D eigenvalue weighted by Gasteiger charge is 2.21. The molecule has 3 rings (SSSR count). The first-order chi connectivity index (χ1) is 6.84. The maximum atomic E-state index is 4.95. The molecule has 1 aromatic carbocycles. The van der Waals surface area contributed by atoms with Crippen LogP contribution >= 0.6 is 12.2 Å². The van der Waals surface area contributed by atoms with Crippen molar-refractivity contribution < 1.29 is 0 Å². The van der Waals surface area contributed by atoms with E-state index in [0.29, 0.717) is 5.11 Å². The van der Waals surface area contributed by atoms with Crippen LogP contribution < -0.4 is 0 Å². The average molecular weight is 198 g/mol. The van der Waals surface area contributed by atoms with Gasteiger partial charge in [-0.3, -0.25) is 0 Å². The average Bonchev–Trinajstić information content (AvgIpc) is 2.56. The zero-order valence-corrected chi connectivity index (χ0v) is 8.08. The molecule has 0 fully saturated rings. The van der Waals surface area contributed by atoms with E-state index in [1.165, 1.54) is 5.56 Å². The van der Waals surface area contributed by atoms with E-state index in [4.69, 9.17) is 12.2 Å². The van der Waals surface area contributed by atoms with Gasteiger partial charge in [-0.2, -0.15) is 0 Å². The Morgan fingerprint density at radius 2 is 2.00 bits per heavy atom. The molecule has 0 spiro atoms. The van der Waals surface area contributed by atoms with Gasteiger partial charge in [0.25, 0.3) is 0 Å². The van der Waals surface area contributed by atoms with Crippen LogP contribution in [0.3, 0.4) is 0 Å². The van der Waals surface area contributed by atoms with Crippen LogP contribution in [0.1, 0.15) is 11.1 Å². The molecule has 0 N–H and O–H groups in total. The first-order valence-electron chi connectivity index (χ1n) is 4.33. The van der Waals surface area contributed by atoms with Crippen LogP contribution in [-0.4, -0.2) is 17.0 Å². The molecule has 14 heavy (non-hydrogen) atoms. The lowest BCUT2D eigenvalue weighted by Gasteiger charge is -2.05. The SMILES string of the molecule is S=C1N=CC2=Cc3ccccc3C2=N1. The monoisotopic (exact) mass is 198 g/mol. The van der Waals surface area contributed by atoms with Crippen LogP contribution in [0.15, 0.2) is 39.8 Å². The minimum absolute atomic E-state index is 0.411. The van der Waals surface area contributed by atoms with Crippen LogP contribution in [0.4, 0.5) is 0 Å². The molecule has 0 saturated carbocycles. The fourth-order valence-electron chi connectivity index (χ4n) is 1.70. The van der Waals surface area contributed by atoms with Crippen molar-refractivity contribution in [2.45, 2.75) is 0 Å². The summed E-state index contributed by atoms with van der Waals surface area (Å²) in [5.41, 5.74) is 4.36. The fraction of sp³-hybridized carbons (Fsp3) is 0. The lowest BCUT2D eigenvalue weighted by molar-refractivity contribution is 1.55. The second kappa shape index (κ2) is 2.69. The van der Waals surface area contributed by atoms with Crippen molar-refractivity contribution in [3.05, 3.63) is 41.0 Å². The third-order valence-electron chi connectivity index (χ3n) is 2.32. The molecular weight excluding hydrogens is 192 g/mol. The number of hydrogen-bond donors (Lipinski definition) is 0. The van der Waals surface area contributed by atoms with Gasteiger partial charge in [0.1, 0.15) is 0 Å². The maximum Gasteiger partial charge on any atom is 0.219 e. The molecule has 3 heteroatoms. The highest BCUT2D eigenvalue weighted by Crippen LogP contribution is 2.26. The zero-order chi connectivity index (χ0) is 9.54. The van der Waals surface area contributed by atoms with E-state index in [0.717, 1.165) is 16.8 Å². The van der Waals surface area contributed by atoms with Gasteiger partial charge in [-0.1, -0.05) is 24.3 Å². The minimum atomic E-state index is 0.411. The molecule has 0 aromatic heterocycles. The first-order valence-corrected chi connectivity index (χ1v) is 4.73. The standard InChI is InChI=1S/C11H6N2S/c14-11-12-6-8-5-7-3-1-2-4-9(7)10(8)13-11/h1-6H. The van der Waals surface area contributed by atoms with E-state index in [2.05, 4.69) is 28.2 Å². The number of thiocarbonyl (C=S) groups is 1. The van der Waals surface area contributed by atoms with E-state index in [9.17, 15) is 0 Å². The van der Waals surface area contributed by atoms with Crippen molar-refractivity contribution in [1.29, 1.82) is 0 Å². The van der Waals surface area contributed by atoms with E-state index in [1.807, 2.05) is 12.1 Å². The van der Waals surface area contributed by atoms with Crippen LogP contribution in [0, 0.1) is 0 Å². The van der Waals surface area contributed by atoms with Crippen molar-refractivity contribution in [3.8, 4) is 0 Å². The summed E-state index contributed by atoms with van der Waals surface area (Å²) >= 11 is 4.95. The van der Waals surface area contributed by atoms with E-state index < -0.39 is 0 Å². The summed E-state index contributed by atoms with van der Waals surface area (Å²) < 4.78 is 0. The maximum absolute atomic E-state index is 4.95. The molecule has 0 unspecified atom stereocenters. The van der Waals surface area contributed by atoms with Gasteiger partial charge in [-0.15, -0.1) is 0 Å². The summed E-state index contributed by atoms with van der Waals surface area (Å²) in [6.07, 6.45) is 3.87. The summed E-state index contributed by atoms with van der Waals surface area (Å²) in [5.74, 6) is 0. The van der Waals surface area contributed by atoms with E-state index in [1.54, 1.807) is 6.21 Å². The largest absolute Gasteiger partial charge is 0.226 e. The number of benzene rings is 1. The third-order valence-corrected chi connectivity index (χ3v) is 2.52. The number of rotatable bonds is 0. The molecule has 0 radical (unpaired) electrons. The topological polar surface area (TPSA) is 24.7 Å². The number of nitrogens with zero attached hydrogens (tertiary/aromatic N) is 2. The van der Waals surface area contributed by atoms with Gasteiger partial charge < -0.3 is 0 Å². The molecular formula is C11H6N2S. The third kappa shape index (κ3) is 0.992. The summed E-state index contributed by atoms with van der Waals surface area (Å²) in [5, 5.41) is 0.411. The molecule has 1 aliphatic carbocycles. The Balaban J connectivity index is 2.27. The Bertz CT molecular complexity index is 524. The van der Waals surface area contributed by atoms with Gasteiger partial charge in [0.2, 0.25) is 5.11 Å². The van der Waals surface area contributed by atoms with Crippen molar-refractivity contribution in [3.63, 3.8) is 0 Å². The zero-order valence-electron chi connectivity index (χ0n) is 7.27. The van der Waals surface area contributed by atoms with Gasteiger partial charge in [0.15, 0.2) is 0 Å². The normalized spacial score (nSPS) is 17.3. The predicted molar refractivity (Wildman–Crippen MR) is 62.0 cm³/mol. The van der Waals surface area contributed by atoms with Gasteiger partial charge in [0, 0.05) is 17.4 Å². The van der Waals surface area contributed by atoms with Crippen molar-refractivity contribution in [1.82, 2.24) is 0 Å². The van der Waals surface area contributed by atoms with Crippen LogP contribution in [0.2, 0.25) is 0 Å². The number of fused-ring (bicyclic) bond motifs is 3. The van der Waals surface area contributed by atoms with Gasteiger partial charge in [-0.25, -0.2) is 9.98 Å². The molecule has 0 bridgehead atoms. The van der Waals surface area contributed by atoms with E-state index >= 15 is 0 Å². The smallest absolute Gasteiger partial charge is 0.219 e. The summed E-state index contributed by atoms with van der Waals surface area (Å²) in [4.78, 5) is 8.27. The Morgan fingerprint density at radius 3 is 2.93 bits per heavy atom. The van der Waals surface area contributed by atoms with Crippen molar-refractivity contribution in [2.75, 3.05) is 0 Å². The molecule has 1 aliphatic heterocycles. The Hall–Kier alpha value is -1.61. The second-order valence-corrected chi connectivity index (χ2v) is 3.55. The van der Waals surface area contributed by atoms with Gasteiger partial charge in [0.05, 0.1) is 5.71 Å². The van der Waals surface area contributed by atoms with Gasteiger partial charge >= 0.3 is 0 Å². The minimum Gasteiger partial charge on any atom is -0.226 e. The molecule has 0 atom stereocenters. The Kier molecular flexibility index (Phi) is 1.49. The number of hydrogen-bond acceptors (Lipinski definition) is 1. The van der Waals surface area contributed by atoms with E-state index in [-0.39, 0.29) is 0 Å². The van der Waals surface area contributed by atoms with Crippen LogP contribution in [0.25, 0.3) is 6.08 Å². The number of aliphatic imine (C=N–C) groups is 2. The summed E-state index contributed by atoms with van der Waals surface area (Å²) in [6.45, 7) is 0. The van der Waals surface area contributed by atoms with Crippen LogP contribution in [0.5, 0.6) is 0 Å². The van der Waals surface area contributed by atoms with Crippen LogP contribution in [-0.2, 0) is 0 Å². The van der Waals surface area contributed by atoms with Crippen molar-refractivity contribution in [2.24, 2.45) is 9.98 Å². The Labute approximate surface area is 86.7 Å². The lowest BCUT2D eigenvalue weighted by atomic mass is 10.1. The quantitative estimate of drug-likeness (QED) is 0.587. The second-order valence-electron chi connectivity index (χ2n) is 3.19. The molecule has 0 saturated heterocycles. The molecule has 2 nitrogen and oxygen atoms in total. The first kappa shape index (κ1) is 7.76. The molecule has 1 aromatic rings. The highest BCUT2D eigenvalue weighted by molar-refractivity contribution is 7.80. The Morgan fingerprint density at radius 1 is 1.14 bits per heavy atom. The number of allylic oxidation sites excluding steroid dienone is 1. The lowest BCUT2D eigenvalue weighted by Crippen LogP contribution is -2.09. The molecule has 1 heterocycles. The summed E-state index contributed by atoms with van der Waals surface area (Å²) in [7, 11) is 0. The molecule has 0 amide bonds. The van der Waals surface area contributed by atoms with Crippen molar-refractivity contribution >= 4 is 35.3 Å². The fourth-order valence-corrected chi connectivity index (χ4v) is 1.85.